The normalized spacial score (nSPS) is 13.0. The largest absolute Gasteiger partial charge is 0.481 e. The summed E-state index contributed by atoms with van der Waals surface area (Å²) in [4.78, 5) is 14.8. The Kier molecular flexibility index (Phi) is 4.79. The van der Waals surface area contributed by atoms with Crippen LogP contribution in [0.2, 0.25) is 0 Å². The quantitative estimate of drug-likeness (QED) is 0.825. The lowest BCUT2D eigenvalue weighted by Gasteiger charge is -2.09. The Bertz CT molecular complexity index is 352. The second-order valence-electron chi connectivity index (χ2n) is 3.97. The van der Waals surface area contributed by atoms with Crippen molar-refractivity contribution in [1.82, 2.24) is 14.8 Å². The van der Waals surface area contributed by atoms with Gasteiger partial charge in [-0.2, -0.15) is 16.9 Å². The molecule has 0 aliphatic rings. The lowest BCUT2D eigenvalue weighted by molar-refractivity contribution is -0.140. The fourth-order valence-corrected chi connectivity index (χ4v) is 2.21. The molecule has 1 heterocycles. The molecule has 1 atom stereocenters. The monoisotopic (exact) mass is 243 g/mol. The molecule has 0 amide bonds. The number of thioether (sulfide) groups is 1. The van der Waals surface area contributed by atoms with Gasteiger partial charge >= 0.3 is 5.97 Å². The molecule has 16 heavy (non-hydrogen) atoms. The van der Waals surface area contributed by atoms with Crippen LogP contribution in [0.4, 0.5) is 0 Å². The summed E-state index contributed by atoms with van der Waals surface area (Å²) in [5.41, 5.74) is 0. The number of aromatic nitrogens is 3. The summed E-state index contributed by atoms with van der Waals surface area (Å²) in [7, 11) is 0. The van der Waals surface area contributed by atoms with Crippen LogP contribution in [-0.2, 0) is 10.5 Å². The van der Waals surface area contributed by atoms with Gasteiger partial charge in [0.05, 0.1) is 11.7 Å². The van der Waals surface area contributed by atoms with Gasteiger partial charge in [0.15, 0.2) is 0 Å². The Morgan fingerprint density at radius 1 is 1.56 bits per heavy atom. The van der Waals surface area contributed by atoms with Crippen molar-refractivity contribution in [3.63, 3.8) is 0 Å². The molecule has 5 nitrogen and oxygen atoms in total. The fraction of sp³-hybridized carbons (Fsp3) is 0.700. The average molecular weight is 243 g/mol. The molecule has 0 fully saturated rings. The minimum Gasteiger partial charge on any atom is -0.481 e. The molecule has 90 valence electrons. The molecular weight excluding hydrogens is 226 g/mol. The van der Waals surface area contributed by atoms with E-state index >= 15 is 0 Å². The van der Waals surface area contributed by atoms with Crippen molar-refractivity contribution >= 4 is 17.7 Å². The third-order valence-electron chi connectivity index (χ3n) is 2.16. The van der Waals surface area contributed by atoms with Crippen LogP contribution in [0.15, 0.2) is 6.33 Å². The lowest BCUT2D eigenvalue weighted by Crippen LogP contribution is -2.13. The van der Waals surface area contributed by atoms with Crippen LogP contribution in [0.25, 0.3) is 0 Å². The Labute approximate surface area is 99.3 Å². The number of carboxylic acid groups (broad SMARTS) is 1. The van der Waals surface area contributed by atoms with E-state index in [4.69, 9.17) is 5.11 Å². The fourth-order valence-electron chi connectivity index (χ4n) is 1.21. The Hall–Kier alpha value is -1.04. The number of hydrogen-bond donors (Lipinski definition) is 1. The van der Waals surface area contributed by atoms with Crippen LogP contribution in [-0.4, -0.2) is 31.6 Å². The molecule has 1 N–H and O–H groups in total. The third-order valence-corrected chi connectivity index (χ3v) is 3.36. The summed E-state index contributed by atoms with van der Waals surface area (Å²) in [6, 6.07) is 0.287. The Balaban J connectivity index is 2.43. The Morgan fingerprint density at radius 3 is 2.81 bits per heavy atom. The molecule has 0 aliphatic heterocycles. The molecule has 0 aliphatic carbocycles. The molecule has 0 saturated carbocycles. The molecule has 0 bridgehead atoms. The standard InChI is InChI=1S/C10H17N3O2S/c1-7(2)13-9(11-6-12-13)5-16-4-8(3)10(14)15/h6-8H,4-5H2,1-3H3,(H,14,15). The average Bonchev–Trinajstić information content (AvgIpc) is 2.65. The van der Waals surface area contributed by atoms with Crippen LogP contribution in [0.5, 0.6) is 0 Å². The van der Waals surface area contributed by atoms with E-state index in [1.807, 2.05) is 18.5 Å². The number of rotatable bonds is 6. The molecule has 1 aromatic rings. The number of hydrogen-bond acceptors (Lipinski definition) is 4. The highest BCUT2D eigenvalue weighted by atomic mass is 32.2. The first-order chi connectivity index (χ1) is 7.52. The number of carboxylic acids is 1. The van der Waals surface area contributed by atoms with Gasteiger partial charge in [-0.15, -0.1) is 0 Å². The van der Waals surface area contributed by atoms with Crippen molar-refractivity contribution in [2.45, 2.75) is 32.6 Å². The van der Waals surface area contributed by atoms with E-state index in [2.05, 4.69) is 10.1 Å². The highest BCUT2D eigenvalue weighted by Crippen LogP contribution is 2.16. The maximum absolute atomic E-state index is 10.6. The van der Waals surface area contributed by atoms with E-state index in [-0.39, 0.29) is 12.0 Å². The molecule has 0 spiro atoms. The van der Waals surface area contributed by atoms with Crippen molar-refractivity contribution < 1.29 is 9.90 Å². The van der Waals surface area contributed by atoms with E-state index in [9.17, 15) is 4.79 Å². The van der Waals surface area contributed by atoms with Gasteiger partial charge in [-0.1, -0.05) is 6.92 Å². The van der Waals surface area contributed by atoms with Gasteiger partial charge in [0.1, 0.15) is 12.2 Å². The van der Waals surface area contributed by atoms with Crippen molar-refractivity contribution in [3.8, 4) is 0 Å². The van der Waals surface area contributed by atoms with Gasteiger partial charge in [0.2, 0.25) is 0 Å². The molecule has 1 aromatic heterocycles. The minimum absolute atomic E-state index is 0.287. The van der Waals surface area contributed by atoms with Crippen molar-refractivity contribution in [2.75, 3.05) is 5.75 Å². The van der Waals surface area contributed by atoms with E-state index in [1.165, 1.54) is 6.33 Å². The van der Waals surface area contributed by atoms with E-state index in [0.29, 0.717) is 11.5 Å². The SMILES string of the molecule is CC(CSCc1ncnn1C(C)C)C(=O)O. The summed E-state index contributed by atoms with van der Waals surface area (Å²) < 4.78 is 1.86. The summed E-state index contributed by atoms with van der Waals surface area (Å²) >= 11 is 1.57. The molecule has 1 rings (SSSR count). The predicted molar refractivity (Wildman–Crippen MR) is 63.4 cm³/mol. The molecule has 0 saturated heterocycles. The third kappa shape index (κ3) is 3.52. The first kappa shape index (κ1) is 13.0. The summed E-state index contributed by atoms with van der Waals surface area (Å²) in [6.45, 7) is 5.80. The maximum atomic E-state index is 10.6. The van der Waals surface area contributed by atoms with E-state index in [1.54, 1.807) is 18.7 Å². The van der Waals surface area contributed by atoms with Crippen molar-refractivity contribution in [1.29, 1.82) is 0 Å². The molecule has 1 unspecified atom stereocenters. The van der Waals surface area contributed by atoms with Crippen LogP contribution in [0.3, 0.4) is 0 Å². The van der Waals surface area contributed by atoms with Gasteiger partial charge in [0, 0.05) is 11.8 Å². The summed E-state index contributed by atoms with van der Waals surface area (Å²) in [5, 5.41) is 12.9. The van der Waals surface area contributed by atoms with Gasteiger partial charge in [-0.25, -0.2) is 9.67 Å². The minimum atomic E-state index is -0.752. The van der Waals surface area contributed by atoms with Gasteiger partial charge < -0.3 is 5.11 Å². The first-order valence-electron chi connectivity index (χ1n) is 5.21. The molecule has 6 heteroatoms. The Morgan fingerprint density at radius 2 is 2.25 bits per heavy atom. The smallest absolute Gasteiger partial charge is 0.307 e. The zero-order chi connectivity index (χ0) is 12.1. The summed E-state index contributed by atoms with van der Waals surface area (Å²) in [6.07, 6.45) is 1.54. The zero-order valence-electron chi connectivity index (χ0n) is 9.75. The van der Waals surface area contributed by atoms with Crippen LogP contribution in [0.1, 0.15) is 32.6 Å². The van der Waals surface area contributed by atoms with Gasteiger partial charge in [0.25, 0.3) is 0 Å². The topological polar surface area (TPSA) is 68.0 Å². The van der Waals surface area contributed by atoms with Gasteiger partial charge in [-0.3, -0.25) is 4.79 Å². The summed E-state index contributed by atoms with van der Waals surface area (Å²) in [5.74, 6) is 1.13. The van der Waals surface area contributed by atoms with Crippen molar-refractivity contribution in [2.24, 2.45) is 5.92 Å². The second kappa shape index (κ2) is 5.89. The number of aliphatic carboxylic acids is 1. The maximum Gasteiger partial charge on any atom is 0.307 e. The van der Waals surface area contributed by atoms with Crippen LogP contribution in [0, 0.1) is 5.92 Å². The number of nitrogens with zero attached hydrogens (tertiary/aromatic N) is 3. The van der Waals surface area contributed by atoms with Gasteiger partial charge in [-0.05, 0) is 13.8 Å². The van der Waals surface area contributed by atoms with Crippen LogP contribution < -0.4 is 0 Å². The first-order valence-corrected chi connectivity index (χ1v) is 6.36. The lowest BCUT2D eigenvalue weighted by atomic mass is 10.2. The highest BCUT2D eigenvalue weighted by Gasteiger charge is 2.12. The molecule has 0 aromatic carbocycles. The predicted octanol–water partition coefficient (Wildman–Crippen LogP) is 1.81. The molecule has 0 radical (unpaired) electrons. The van der Waals surface area contributed by atoms with E-state index in [0.717, 1.165) is 5.82 Å². The molecular formula is C10H17N3O2S. The van der Waals surface area contributed by atoms with Crippen molar-refractivity contribution in [3.05, 3.63) is 12.2 Å². The second-order valence-corrected chi connectivity index (χ2v) is 5.00. The zero-order valence-corrected chi connectivity index (χ0v) is 10.6. The van der Waals surface area contributed by atoms with E-state index < -0.39 is 5.97 Å². The highest BCUT2D eigenvalue weighted by molar-refractivity contribution is 7.98. The van der Waals surface area contributed by atoms with Crippen LogP contribution >= 0.6 is 11.8 Å². The number of carbonyl (C=O) groups is 1.